The van der Waals surface area contributed by atoms with Gasteiger partial charge >= 0.3 is 6.18 Å². The molecule has 0 aliphatic heterocycles. The average Bonchev–Trinajstić information content (AvgIpc) is 2.26. The van der Waals surface area contributed by atoms with Crippen molar-refractivity contribution in [1.82, 2.24) is 4.89 Å². The summed E-state index contributed by atoms with van der Waals surface area (Å²) >= 11 is 5.63. The molecule has 9 heteroatoms. The Morgan fingerprint density at radius 2 is 1.95 bits per heavy atom. The quantitative estimate of drug-likeness (QED) is 0.843. The second-order valence-electron chi connectivity index (χ2n) is 4.43. The van der Waals surface area contributed by atoms with Gasteiger partial charge in [0.1, 0.15) is 4.90 Å². The molecular formula is C11H13ClF3NO3S. The fourth-order valence-corrected chi connectivity index (χ4v) is 2.55. The maximum absolute atomic E-state index is 12.6. The maximum Gasteiger partial charge on any atom is 0.416 e. The molecule has 1 N–H and O–H groups in total. The van der Waals surface area contributed by atoms with Crippen LogP contribution in [0.15, 0.2) is 23.1 Å². The van der Waals surface area contributed by atoms with Crippen LogP contribution in [0.4, 0.5) is 13.2 Å². The van der Waals surface area contributed by atoms with Gasteiger partial charge in [-0.1, -0.05) is 30.3 Å². The fraction of sp³-hybridized carbons (Fsp3) is 0.455. The van der Waals surface area contributed by atoms with Crippen molar-refractivity contribution in [3.8, 4) is 0 Å². The number of rotatable bonds is 5. The van der Waals surface area contributed by atoms with Crippen LogP contribution in [0.2, 0.25) is 5.02 Å². The van der Waals surface area contributed by atoms with Crippen LogP contribution in [0, 0.1) is 5.92 Å². The number of alkyl halides is 3. The first-order chi connectivity index (χ1) is 9.04. The van der Waals surface area contributed by atoms with Crippen molar-refractivity contribution in [3.63, 3.8) is 0 Å². The van der Waals surface area contributed by atoms with Gasteiger partial charge in [-0.3, -0.25) is 4.84 Å². The van der Waals surface area contributed by atoms with E-state index in [2.05, 4.69) is 0 Å². The number of nitrogens with one attached hydrogen (secondary N) is 1. The molecule has 0 saturated carbocycles. The van der Waals surface area contributed by atoms with Gasteiger partial charge in [0.15, 0.2) is 0 Å². The molecule has 114 valence electrons. The van der Waals surface area contributed by atoms with Gasteiger partial charge in [0.25, 0.3) is 10.0 Å². The molecule has 1 aromatic rings. The second kappa shape index (κ2) is 6.30. The third-order valence-corrected chi connectivity index (χ3v) is 3.83. The van der Waals surface area contributed by atoms with Gasteiger partial charge < -0.3 is 0 Å². The Morgan fingerprint density at radius 1 is 1.35 bits per heavy atom. The van der Waals surface area contributed by atoms with E-state index in [0.717, 1.165) is 6.07 Å². The maximum atomic E-state index is 12.6. The van der Waals surface area contributed by atoms with E-state index in [9.17, 15) is 21.6 Å². The van der Waals surface area contributed by atoms with Gasteiger partial charge in [0.2, 0.25) is 0 Å². The Balaban J connectivity index is 3.05. The molecule has 0 heterocycles. The van der Waals surface area contributed by atoms with Crippen molar-refractivity contribution in [2.75, 3.05) is 6.61 Å². The zero-order valence-corrected chi connectivity index (χ0v) is 12.2. The first-order valence-corrected chi connectivity index (χ1v) is 7.40. The zero-order chi connectivity index (χ0) is 15.6. The molecule has 0 amide bonds. The minimum atomic E-state index is -4.66. The second-order valence-corrected chi connectivity index (χ2v) is 6.46. The molecule has 0 aliphatic carbocycles. The van der Waals surface area contributed by atoms with E-state index in [1.165, 1.54) is 0 Å². The van der Waals surface area contributed by atoms with E-state index in [1.54, 1.807) is 18.7 Å². The summed E-state index contributed by atoms with van der Waals surface area (Å²) < 4.78 is 61.3. The van der Waals surface area contributed by atoms with Crippen LogP contribution >= 0.6 is 11.6 Å². The monoisotopic (exact) mass is 331 g/mol. The SMILES string of the molecule is CC(C)CONS(=O)(=O)c1cc(C(F)(F)F)ccc1Cl. The molecular weight excluding hydrogens is 319 g/mol. The molecule has 0 unspecified atom stereocenters. The molecule has 0 fully saturated rings. The summed E-state index contributed by atoms with van der Waals surface area (Å²) in [5.41, 5.74) is -1.11. The third kappa shape index (κ3) is 4.62. The molecule has 4 nitrogen and oxygen atoms in total. The molecule has 0 spiro atoms. The van der Waals surface area contributed by atoms with Crippen molar-refractivity contribution in [2.45, 2.75) is 24.9 Å². The smallest absolute Gasteiger partial charge is 0.287 e. The van der Waals surface area contributed by atoms with Crippen LogP contribution in [0.1, 0.15) is 19.4 Å². The topological polar surface area (TPSA) is 55.4 Å². The summed E-state index contributed by atoms with van der Waals surface area (Å²) in [6.45, 7) is 3.65. The lowest BCUT2D eigenvalue weighted by Gasteiger charge is -2.12. The third-order valence-electron chi connectivity index (χ3n) is 2.13. The summed E-state index contributed by atoms with van der Waals surface area (Å²) in [5, 5.41) is -0.321. The van der Waals surface area contributed by atoms with Crippen molar-refractivity contribution in [1.29, 1.82) is 0 Å². The van der Waals surface area contributed by atoms with E-state index < -0.39 is 26.7 Å². The van der Waals surface area contributed by atoms with Crippen molar-refractivity contribution in [2.24, 2.45) is 5.92 Å². The molecule has 1 aromatic carbocycles. The number of hydrogen-bond acceptors (Lipinski definition) is 3. The first-order valence-electron chi connectivity index (χ1n) is 5.54. The summed E-state index contributed by atoms with van der Waals surface area (Å²) in [6.07, 6.45) is -4.66. The highest BCUT2D eigenvalue weighted by atomic mass is 35.5. The Hall–Kier alpha value is -0.830. The molecule has 0 bridgehead atoms. The number of halogens is 4. The van der Waals surface area contributed by atoms with Crippen molar-refractivity contribution >= 4 is 21.6 Å². The molecule has 1 rings (SSSR count). The van der Waals surface area contributed by atoms with Gasteiger partial charge in [-0.2, -0.15) is 13.2 Å². The van der Waals surface area contributed by atoms with E-state index in [4.69, 9.17) is 16.4 Å². The first kappa shape index (κ1) is 17.2. The van der Waals surface area contributed by atoms with Gasteiger partial charge in [-0.25, -0.2) is 8.42 Å². The lowest BCUT2D eigenvalue weighted by Crippen LogP contribution is -2.26. The number of sulfonamides is 1. The highest BCUT2D eigenvalue weighted by Crippen LogP contribution is 2.33. The van der Waals surface area contributed by atoms with Gasteiger partial charge in [-0.05, 0) is 24.1 Å². The highest BCUT2D eigenvalue weighted by molar-refractivity contribution is 7.89. The Kier molecular flexibility index (Phi) is 5.42. The predicted molar refractivity (Wildman–Crippen MR) is 67.6 cm³/mol. The minimum Gasteiger partial charge on any atom is -0.287 e. The van der Waals surface area contributed by atoms with E-state index >= 15 is 0 Å². The number of benzene rings is 1. The average molecular weight is 332 g/mol. The van der Waals surface area contributed by atoms with Crippen molar-refractivity contribution < 1.29 is 26.4 Å². The molecule has 0 aromatic heterocycles. The van der Waals surface area contributed by atoms with Crippen LogP contribution in [-0.2, 0) is 21.0 Å². The summed E-state index contributed by atoms with van der Waals surface area (Å²) in [5.74, 6) is 0.0506. The molecule has 0 radical (unpaired) electrons. The number of hydrogen-bond donors (Lipinski definition) is 1. The Bertz CT molecular complexity index is 573. The largest absolute Gasteiger partial charge is 0.416 e. The summed E-state index contributed by atoms with van der Waals surface area (Å²) in [6, 6.07) is 2.04. The van der Waals surface area contributed by atoms with Crippen LogP contribution in [0.5, 0.6) is 0 Å². The van der Waals surface area contributed by atoms with Gasteiger partial charge in [0.05, 0.1) is 17.2 Å². The van der Waals surface area contributed by atoms with Crippen LogP contribution < -0.4 is 4.89 Å². The van der Waals surface area contributed by atoms with Crippen LogP contribution in [0.25, 0.3) is 0 Å². The summed E-state index contributed by atoms with van der Waals surface area (Å²) in [7, 11) is -4.27. The molecule has 0 atom stereocenters. The lowest BCUT2D eigenvalue weighted by atomic mass is 10.2. The van der Waals surface area contributed by atoms with Crippen LogP contribution in [-0.4, -0.2) is 15.0 Å². The normalized spacial score (nSPS) is 12.9. The molecule has 0 saturated heterocycles. The van der Waals surface area contributed by atoms with E-state index in [1.807, 2.05) is 0 Å². The Morgan fingerprint density at radius 3 is 2.45 bits per heavy atom. The molecule has 0 aliphatic rings. The van der Waals surface area contributed by atoms with E-state index in [-0.39, 0.29) is 17.5 Å². The highest BCUT2D eigenvalue weighted by Gasteiger charge is 2.32. The Labute approximate surface area is 119 Å². The minimum absolute atomic E-state index is 0.0506. The molecule has 20 heavy (non-hydrogen) atoms. The van der Waals surface area contributed by atoms with Crippen LogP contribution in [0.3, 0.4) is 0 Å². The van der Waals surface area contributed by atoms with E-state index in [0.29, 0.717) is 12.1 Å². The van der Waals surface area contributed by atoms with Crippen molar-refractivity contribution in [3.05, 3.63) is 28.8 Å². The fourth-order valence-electron chi connectivity index (χ4n) is 1.21. The standard InChI is InChI=1S/C11H13ClF3NO3S/c1-7(2)6-19-16-20(17,18)10-5-8(11(13,14)15)3-4-9(10)12/h3-5,7,16H,6H2,1-2H3. The zero-order valence-electron chi connectivity index (χ0n) is 10.7. The predicted octanol–water partition coefficient (Wildman–Crippen LogP) is 3.22. The van der Waals surface area contributed by atoms with Gasteiger partial charge in [0, 0.05) is 0 Å². The lowest BCUT2D eigenvalue weighted by molar-refractivity contribution is -0.137. The van der Waals surface area contributed by atoms with Gasteiger partial charge in [-0.15, -0.1) is 0 Å². The summed E-state index contributed by atoms with van der Waals surface area (Å²) in [4.78, 5) is 5.78.